The largest absolute Gasteiger partial charge is 0.462 e. The molecule has 0 saturated heterocycles. The van der Waals surface area contributed by atoms with Crippen LogP contribution in [0.5, 0.6) is 0 Å². The smallest absolute Gasteiger partial charge is 0.350 e. The van der Waals surface area contributed by atoms with Gasteiger partial charge < -0.3 is 9.30 Å². The van der Waals surface area contributed by atoms with Crippen LogP contribution in [0, 0.1) is 6.92 Å². The average molecular weight is 391 g/mol. The van der Waals surface area contributed by atoms with Crippen LogP contribution in [0.4, 0.5) is 5.13 Å². The van der Waals surface area contributed by atoms with Gasteiger partial charge in [-0.15, -0.1) is 0 Å². The summed E-state index contributed by atoms with van der Waals surface area (Å²) in [5, 5.41) is 0.442. The zero-order valence-electron chi connectivity index (χ0n) is 16.2. The van der Waals surface area contributed by atoms with Gasteiger partial charge in [0.25, 0.3) is 11.5 Å². The number of anilines is 1. The first-order valence-corrected chi connectivity index (χ1v) is 9.83. The molecule has 0 aliphatic rings. The predicted octanol–water partition coefficient (Wildman–Crippen LogP) is 3.16. The second-order valence-corrected chi connectivity index (χ2v) is 7.14. The van der Waals surface area contributed by atoms with E-state index in [9.17, 15) is 14.4 Å². The molecule has 2 aromatic heterocycles. The van der Waals surface area contributed by atoms with E-state index in [1.165, 1.54) is 10.6 Å². The summed E-state index contributed by atoms with van der Waals surface area (Å²) in [5.41, 5.74) is 0.586. The second-order valence-electron chi connectivity index (χ2n) is 6.16. The van der Waals surface area contributed by atoms with Crippen molar-refractivity contribution in [1.29, 1.82) is 0 Å². The Labute approximate surface area is 162 Å². The van der Waals surface area contributed by atoms with Crippen molar-refractivity contribution in [3.63, 3.8) is 0 Å². The van der Waals surface area contributed by atoms with Crippen LogP contribution in [0.15, 0.2) is 23.1 Å². The number of amides is 1. The fourth-order valence-corrected chi connectivity index (χ4v) is 3.51. The van der Waals surface area contributed by atoms with E-state index in [2.05, 4.69) is 11.9 Å². The molecule has 0 radical (unpaired) electrons. The molecule has 146 valence electrons. The van der Waals surface area contributed by atoms with Crippen LogP contribution in [0.3, 0.4) is 0 Å². The van der Waals surface area contributed by atoms with Crippen molar-refractivity contribution in [3.05, 3.63) is 44.8 Å². The molecule has 0 spiro atoms. The van der Waals surface area contributed by atoms with Gasteiger partial charge in [0.15, 0.2) is 5.13 Å². The average Bonchev–Trinajstić information content (AvgIpc) is 3.02. The first kappa shape index (κ1) is 20.8. The highest BCUT2D eigenvalue weighted by molar-refractivity contribution is 7.17. The van der Waals surface area contributed by atoms with Crippen LogP contribution >= 0.6 is 11.3 Å². The van der Waals surface area contributed by atoms with E-state index >= 15 is 0 Å². The first-order valence-electron chi connectivity index (χ1n) is 9.02. The number of unbranched alkanes of at least 4 members (excludes halogenated alkanes) is 2. The number of nitrogens with zero attached hydrogens (tertiary/aromatic N) is 3. The highest BCUT2D eigenvalue weighted by Gasteiger charge is 2.24. The van der Waals surface area contributed by atoms with Gasteiger partial charge in [0.05, 0.1) is 12.3 Å². The number of pyridine rings is 1. The Balaban J connectivity index is 2.37. The fourth-order valence-electron chi connectivity index (χ4n) is 2.53. The summed E-state index contributed by atoms with van der Waals surface area (Å²) in [6, 6.07) is 2.94. The second kappa shape index (κ2) is 9.45. The van der Waals surface area contributed by atoms with Crippen LogP contribution in [0.1, 0.15) is 58.8 Å². The highest BCUT2D eigenvalue weighted by atomic mass is 32.1. The predicted molar refractivity (Wildman–Crippen MR) is 106 cm³/mol. The number of carbonyl (C=O) groups excluding carboxylic acids is 2. The van der Waals surface area contributed by atoms with E-state index in [0.717, 1.165) is 30.6 Å². The third-order valence-electron chi connectivity index (χ3n) is 4.06. The van der Waals surface area contributed by atoms with Gasteiger partial charge in [-0.3, -0.25) is 14.5 Å². The van der Waals surface area contributed by atoms with E-state index in [4.69, 9.17) is 4.74 Å². The van der Waals surface area contributed by atoms with Crippen molar-refractivity contribution in [1.82, 2.24) is 9.55 Å². The van der Waals surface area contributed by atoms with Crippen LogP contribution in [-0.2, 0) is 11.8 Å². The summed E-state index contributed by atoms with van der Waals surface area (Å²) in [4.78, 5) is 43.4. The maximum Gasteiger partial charge on any atom is 0.350 e. The Morgan fingerprint density at radius 2 is 2.04 bits per heavy atom. The van der Waals surface area contributed by atoms with Gasteiger partial charge in [0, 0.05) is 31.4 Å². The Bertz CT molecular complexity index is 872. The number of aryl methyl sites for hydroxylation is 2. The van der Waals surface area contributed by atoms with Crippen LogP contribution in [0.25, 0.3) is 0 Å². The lowest BCUT2D eigenvalue weighted by Gasteiger charge is -2.20. The zero-order valence-corrected chi connectivity index (χ0v) is 17.0. The molecular weight excluding hydrogens is 366 g/mol. The quantitative estimate of drug-likeness (QED) is 0.510. The van der Waals surface area contributed by atoms with E-state index in [1.54, 1.807) is 38.1 Å². The third-order valence-corrected chi connectivity index (χ3v) is 5.22. The Morgan fingerprint density at radius 3 is 2.67 bits per heavy atom. The third kappa shape index (κ3) is 5.03. The lowest BCUT2D eigenvalue weighted by molar-refractivity contribution is 0.0531. The number of carbonyl (C=O) groups is 2. The maximum absolute atomic E-state index is 13.0. The van der Waals surface area contributed by atoms with Crippen LogP contribution in [-0.4, -0.2) is 34.6 Å². The molecule has 2 aromatic rings. The molecule has 0 bridgehead atoms. The molecule has 8 heteroatoms. The Kier molecular flexibility index (Phi) is 7.29. The molecule has 0 saturated carbocycles. The number of hydrogen-bond acceptors (Lipinski definition) is 6. The van der Waals surface area contributed by atoms with Crippen molar-refractivity contribution < 1.29 is 14.3 Å². The van der Waals surface area contributed by atoms with Crippen molar-refractivity contribution in [3.8, 4) is 0 Å². The zero-order chi connectivity index (χ0) is 20.0. The maximum atomic E-state index is 13.0. The molecule has 0 atom stereocenters. The monoisotopic (exact) mass is 391 g/mol. The van der Waals surface area contributed by atoms with Gasteiger partial charge >= 0.3 is 5.97 Å². The lowest BCUT2D eigenvalue weighted by atomic mass is 10.2. The summed E-state index contributed by atoms with van der Waals surface area (Å²) < 4.78 is 6.47. The van der Waals surface area contributed by atoms with Gasteiger partial charge in [0.2, 0.25) is 0 Å². The van der Waals surface area contributed by atoms with Gasteiger partial charge in [0.1, 0.15) is 4.88 Å². The first-order chi connectivity index (χ1) is 12.9. The molecular formula is C19H25N3O4S. The summed E-state index contributed by atoms with van der Waals surface area (Å²) in [5.74, 6) is -0.735. The molecule has 0 N–H and O–H groups in total. The molecule has 0 aromatic carbocycles. The number of thiazole rings is 1. The van der Waals surface area contributed by atoms with Crippen molar-refractivity contribution in [2.45, 2.75) is 40.0 Å². The Morgan fingerprint density at radius 1 is 1.30 bits per heavy atom. The molecule has 27 heavy (non-hydrogen) atoms. The summed E-state index contributed by atoms with van der Waals surface area (Å²) >= 11 is 1.14. The van der Waals surface area contributed by atoms with Crippen LogP contribution < -0.4 is 10.5 Å². The van der Waals surface area contributed by atoms with Gasteiger partial charge in [-0.1, -0.05) is 31.1 Å². The van der Waals surface area contributed by atoms with Gasteiger partial charge in [-0.05, 0) is 26.3 Å². The summed E-state index contributed by atoms with van der Waals surface area (Å²) in [6.07, 6.45) is 4.35. The number of rotatable bonds is 8. The molecule has 7 nitrogen and oxygen atoms in total. The summed E-state index contributed by atoms with van der Waals surface area (Å²) in [7, 11) is 1.63. The minimum absolute atomic E-state index is 0.253. The molecule has 0 fully saturated rings. The minimum Gasteiger partial charge on any atom is -0.462 e. The fraction of sp³-hybridized carbons (Fsp3) is 0.474. The van der Waals surface area contributed by atoms with E-state index in [0.29, 0.717) is 27.8 Å². The standard InChI is InChI=1S/C19H25N3O4S/c1-5-7-8-10-22(17(24)14-9-11-21(4)15(23)12-14)19-20-13(3)16(27-19)18(25)26-6-2/h9,11-12H,5-8,10H2,1-4H3. The summed E-state index contributed by atoms with van der Waals surface area (Å²) in [6.45, 7) is 6.29. The molecule has 0 aliphatic heterocycles. The van der Waals surface area contributed by atoms with E-state index < -0.39 is 5.97 Å². The topological polar surface area (TPSA) is 81.5 Å². The van der Waals surface area contributed by atoms with Crippen LogP contribution in [0.2, 0.25) is 0 Å². The molecule has 0 unspecified atom stereocenters. The molecule has 1 amide bonds. The van der Waals surface area contributed by atoms with Crippen molar-refractivity contribution in [2.24, 2.45) is 7.05 Å². The molecule has 2 heterocycles. The molecule has 0 aliphatic carbocycles. The molecule has 2 rings (SSSR count). The number of hydrogen-bond donors (Lipinski definition) is 0. The SMILES string of the molecule is CCCCCN(C(=O)c1ccn(C)c(=O)c1)c1nc(C)c(C(=O)OCC)s1. The van der Waals surface area contributed by atoms with E-state index in [-0.39, 0.29) is 18.1 Å². The number of ether oxygens (including phenoxy) is 1. The Hall–Kier alpha value is -2.48. The lowest BCUT2D eigenvalue weighted by Crippen LogP contribution is -2.33. The normalized spacial score (nSPS) is 10.7. The van der Waals surface area contributed by atoms with Crippen molar-refractivity contribution in [2.75, 3.05) is 18.1 Å². The number of esters is 1. The van der Waals surface area contributed by atoms with Crippen molar-refractivity contribution >= 4 is 28.3 Å². The van der Waals surface area contributed by atoms with Gasteiger partial charge in [-0.25, -0.2) is 9.78 Å². The van der Waals surface area contributed by atoms with Gasteiger partial charge in [-0.2, -0.15) is 0 Å². The van der Waals surface area contributed by atoms with E-state index in [1.807, 2.05) is 0 Å². The minimum atomic E-state index is -0.437. The number of aromatic nitrogens is 2. The highest BCUT2D eigenvalue weighted by Crippen LogP contribution is 2.28.